The third-order valence-corrected chi connectivity index (χ3v) is 7.75. The first-order valence-corrected chi connectivity index (χ1v) is 14.2. The maximum absolute atomic E-state index is 12.7. The van der Waals surface area contributed by atoms with Gasteiger partial charge in [-0.2, -0.15) is 0 Å². The van der Waals surface area contributed by atoms with E-state index in [4.69, 9.17) is 16.9 Å². The van der Waals surface area contributed by atoms with Crippen LogP contribution in [0.3, 0.4) is 0 Å². The van der Waals surface area contributed by atoms with Crippen LogP contribution >= 0.6 is 11.6 Å². The van der Waals surface area contributed by atoms with Gasteiger partial charge in [-0.15, -0.1) is 11.6 Å². The molecule has 0 saturated carbocycles. The molecule has 0 aliphatic carbocycles. The van der Waals surface area contributed by atoms with E-state index in [0.29, 0.717) is 16.7 Å². The summed E-state index contributed by atoms with van der Waals surface area (Å²) in [6.45, 7) is 3.24. The third kappa shape index (κ3) is 6.08. The summed E-state index contributed by atoms with van der Waals surface area (Å²) in [4.78, 5) is 28.0. The third-order valence-electron chi connectivity index (χ3n) is 4.95. The number of anilines is 1. The predicted molar refractivity (Wildman–Crippen MR) is 134 cm³/mol. The van der Waals surface area contributed by atoms with Crippen LogP contribution in [-0.4, -0.2) is 39.0 Å². The molecule has 1 heterocycles. The Morgan fingerprint density at radius 2 is 1.71 bits per heavy atom. The van der Waals surface area contributed by atoms with Crippen molar-refractivity contribution >= 4 is 52.6 Å². The summed E-state index contributed by atoms with van der Waals surface area (Å²) in [6, 6.07) is 20.9. The van der Waals surface area contributed by atoms with Gasteiger partial charge in [0.15, 0.2) is 0 Å². The van der Waals surface area contributed by atoms with Crippen LogP contribution < -0.4 is 15.2 Å². The van der Waals surface area contributed by atoms with E-state index >= 15 is 0 Å². The van der Waals surface area contributed by atoms with Crippen molar-refractivity contribution in [2.45, 2.75) is 19.7 Å². The number of alkyl halides is 1. The number of nitrogens with zero attached hydrogens (tertiary/aromatic N) is 2. The molecule has 4 aromatic rings. The Labute approximate surface area is 208 Å². The van der Waals surface area contributed by atoms with Gasteiger partial charge in [0, 0.05) is 0 Å². The zero-order valence-electron chi connectivity index (χ0n) is 18.9. The van der Waals surface area contributed by atoms with Crippen molar-refractivity contribution in [3.05, 3.63) is 94.5 Å². The fourth-order valence-electron chi connectivity index (χ4n) is 3.39. The second kappa shape index (κ2) is 11.5. The quantitative estimate of drug-likeness (QED) is 0.148. The average molecular weight is 560 g/mol. The number of aromatic nitrogens is 2. The Morgan fingerprint density at radius 3 is 2.37 bits per heavy atom. The molecule has 3 N–H and O–H groups in total. The molecular weight excluding hydrogens is 537 g/mol. The van der Waals surface area contributed by atoms with Crippen molar-refractivity contribution < 1.29 is 21.8 Å². The van der Waals surface area contributed by atoms with Crippen LogP contribution in [0.1, 0.15) is 18.3 Å². The zero-order valence-corrected chi connectivity index (χ0v) is 21.5. The van der Waals surface area contributed by atoms with Gasteiger partial charge in [-0.1, -0.05) is 30.3 Å². The Bertz CT molecular complexity index is 1470. The van der Waals surface area contributed by atoms with Crippen molar-refractivity contribution in [1.82, 2.24) is 9.55 Å². The largest absolute Gasteiger partial charge is 0.268 e. The summed E-state index contributed by atoms with van der Waals surface area (Å²) < 4.78 is 25.7. The van der Waals surface area contributed by atoms with Crippen molar-refractivity contribution in [3.63, 3.8) is 0 Å². The van der Waals surface area contributed by atoms with Crippen molar-refractivity contribution in [2.75, 3.05) is 5.32 Å². The van der Waals surface area contributed by atoms with Crippen LogP contribution in [0.15, 0.2) is 77.6 Å². The summed E-state index contributed by atoms with van der Waals surface area (Å²) in [5, 5.41) is 11.3. The van der Waals surface area contributed by atoms with E-state index in [1.54, 1.807) is 16.7 Å². The Balaban J connectivity index is 0.000000205. The van der Waals surface area contributed by atoms with Gasteiger partial charge in [0.25, 0.3) is 5.56 Å². The molecule has 9 nitrogen and oxygen atoms in total. The monoisotopic (exact) mass is 559 g/mol. The van der Waals surface area contributed by atoms with E-state index in [1.807, 2.05) is 49.4 Å². The van der Waals surface area contributed by atoms with E-state index < -0.39 is 14.2 Å². The number of benzene rings is 3. The van der Waals surface area contributed by atoms with Gasteiger partial charge in [-0.25, -0.2) is 4.98 Å². The second-order valence-electron chi connectivity index (χ2n) is 7.41. The van der Waals surface area contributed by atoms with Crippen LogP contribution in [0.5, 0.6) is 0 Å². The number of amides is 1. The summed E-state index contributed by atoms with van der Waals surface area (Å²) in [5.74, 6) is 0.370. The van der Waals surface area contributed by atoms with Crippen molar-refractivity contribution in [2.24, 2.45) is 0 Å². The molecular formula is C24H23AsClN3O6. The Hall–Kier alpha value is -3.20. The number of hydrogen-bond donors (Lipinski definition) is 3. The van der Waals surface area contributed by atoms with Gasteiger partial charge in [-0.3, -0.25) is 9.36 Å². The van der Waals surface area contributed by atoms with Gasteiger partial charge >= 0.3 is 88.4 Å². The number of carbonyl (C=O) groups excluding carboxylic acids is 1. The Morgan fingerprint density at radius 1 is 1.09 bits per heavy atom. The number of rotatable bonds is 5. The molecule has 0 fully saturated rings. The van der Waals surface area contributed by atoms with E-state index in [9.17, 15) is 17.4 Å². The van der Waals surface area contributed by atoms with Crippen molar-refractivity contribution in [3.8, 4) is 5.69 Å². The number of para-hydroxylation sites is 3. The first kappa shape index (κ1) is 26.4. The molecule has 1 atom stereocenters. The second-order valence-corrected chi connectivity index (χ2v) is 11.2. The van der Waals surface area contributed by atoms with E-state index in [0.717, 1.165) is 11.3 Å². The molecule has 0 aliphatic heterocycles. The molecule has 4 rings (SSSR count). The fourth-order valence-corrected chi connectivity index (χ4v) is 5.24. The molecule has 3 aromatic carbocycles. The van der Waals surface area contributed by atoms with Crippen molar-refractivity contribution in [1.29, 1.82) is 0 Å². The molecule has 0 saturated heterocycles. The number of fused-ring (bicyclic) bond motifs is 1. The minimum absolute atomic E-state index is 0.0828. The topological polar surface area (TPSA) is 131 Å². The normalized spacial score (nSPS) is 12.4. The molecule has 0 radical (unpaired) electrons. The van der Waals surface area contributed by atoms with E-state index in [-0.39, 0.29) is 27.4 Å². The first-order chi connectivity index (χ1) is 16.7. The van der Waals surface area contributed by atoms with Gasteiger partial charge in [0.1, 0.15) is 5.82 Å². The van der Waals surface area contributed by atoms with E-state index in [1.165, 1.54) is 25.1 Å². The van der Waals surface area contributed by atoms with Gasteiger partial charge < -0.3 is 0 Å². The molecule has 0 spiro atoms. The molecule has 182 valence electrons. The van der Waals surface area contributed by atoms with Gasteiger partial charge in [-0.05, 0) is 30.7 Å². The molecule has 0 aliphatic rings. The minimum Gasteiger partial charge on any atom is -0.268 e. The van der Waals surface area contributed by atoms with Gasteiger partial charge in [0.2, 0.25) is 0 Å². The average Bonchev–Trinajstić information content (AvgIpc) is 2.85. The number of carbonyl (C=O) groups is 1. The molecule has 1 aromatic heterocycles. The number of nitrogens with one attached hydrogen (secondary N) is 1. The Kier molecular flexibility index (Phi) is 8.66. The maximum Gasteiger partial charge on any atom is 0.266 e. The number of halogens is 1. The van der Waals surface area contributed by atoms with Gasteiger partial charge in [0.05, 0.1) is 22.5 Å². The molecule has 35 heavy (non-hydrogen) atoms. The summed E-state index contributed by atoms with van der Waals surface area (Å²) in [6.07, 6.45) is 0. The number of hydrogen-bond acceptors (Lipinski definition) is 6. The molecule has 1 unspecified atom stereocenters. The maximum atomic E-state index is 12.7. The SMILES string of the molecule is CC(=O)Nc1ccccc1[As](=O)(O)OO.Cc1ccccc1-n1c(CCl)nc2ccccc2c1=O. The summed E-state index contributed by atoms with van der Waals surface area (Å²) in [5.41, 5.74) is 2.59. The zero-order chi connectivity index (χ0) is 25.6. The number of aryl methyl sites for hydroxylation is 1. The van der Waals surface area contributed by atoms with E-state index in [2.05, 4.69) is 14.2 Å². The van der Waals surface area contributed by atoms with Crippen LogP contribution in [0, 0.1) is 6.92 Å². The smallest absolute Gasteiger partial charge is 0.266 e. The summed E-state index contributed by atoms with van der Waals surface area (Å²) in [7, 11) is 0. The van der Waals surface area contributed by atoms with Crippen LogP contribution in [0.2, 0.25) is 0 Å². The predicted octanol–water partition coefficient (Wildman–Crippen LogP) is 3.14. The fraction of sp³-hybridized carbons (Fsp3) is 0.125. The first-order valence-electron chi connectivity index (χ1n) is 10.4. The van der Waals surface area contributed by atoms with Crippen LogP contribution in [-0.2, 0) is 18.3 Å². The minimum atomic E-state index is -4.92. The van der Waals surface area contributed by atoms with Crippen LogP contribution in [0.25, 0.3) is 16.6 Å². The molecule has 1 amide bonds. The summed E-state index contributed by atoms with van der Waals surface area (Å²) >= 11 is 1.06. The molecule has 0 bridgehead atoms. The molecule has 11 heteroatoms. The standard InChI is InChI=1S/C16H13ClN2O.C8H10AsNO5/c1-11-6-2-5-9-14(11)19-15(10-17)18-13-8-4-3-7-12(13)16(19)20;1-6(11)10-8-5-3-2-4-7(8)9(12,13)15-14/h2-9H,10H2,1H3;2-5,14H,1H3,(H,10,11)(H,12,13). The van der Waals surface area contributed by atoms with Crippen LogP contribution in [0.4, 0.5) is 5.69 Å².